The number of aromatic nitrogens is 1. The van der Waals surface area contributed by atoms with E-state index in [0.717, 1.165) is 12.1 Å². The Balaban J connectivity index is 2.52. The zero-order valence-electron chi connectivity index (χ0n) is 11.9. The van der Waals surface area contributed by atoms with E-state index in [0.29, 0.717) is 24.8 Å². The summed E-state index contributed by atoms with van der Waals surface area (Å²) in [5, 5.41) is 7.04. The van der Waals surface area contributed by atoms with Gasteiger partial charge in [-0.1, -0.05) is 19.0 Å². The molecule has 1 rings (SSSR count). The highest BCUT2D eigenvalue weighted by atomic mass is 16.5. The second-order valence-corrected chi connectivity index (χ2v) is 4.80. The monoisotopic (exact) mass is 270 g/mol. The molecular formula is C13H22N2O4. The van der Waals surface area contributed by atoms with Gasteiger partial charge in [-0.15, -0.1) is 0 Å². The molecule has 0 aliphatic heterocycles. The highest BCUT2D eigenvalue weighted by molar-refractivity contribution is 5.75. The number of hydrogen-bond acceptors (Lipinski definition) is 6. The molecule has 0 bridgehead atoms. The van der Waals surface area contributed by atoms with Crippen molar-refractivity contribution in [3.63, 3.8) is 0 Å². The van der Waals surface area contributed by atoms with E-state index >= 15 is 0 Å². The zero-order valence-corrected chi connectivity index (χ0v) is 11.9. The number of esters is 1. The Morgan fingerprint density at radius 3 is 2.79 bits per heavy atom. The first-order valence-corrected chi connectivity index (χ1v) is 6.31. The van der Waals surface area contributed by atoms with Crippen molar-refractivity contribution in [3.8, 4) is 0 Å². The van der Waals surface area contributed by atoms with Gasteiger partial charge < -0.3 is 14.0 Å². The molecule has 1 unspecified atom stereocenters. The Hall–Kier alpha value is -1.40. The van der Waals surface area contributed by atoms with Gasteiger partial charge in [-0.2, -0.15) is 0 Å². The van der Waals surface area contributed by atoms with Crippen molar-refractivity contribution in [2.75, 3.05) is 14.2 Å². The summed E-state index contributed by atoms with van der Waals surface area (Å²) >= 11 is 0. The van der Waals surface area contributed by atoms with Gasteiger partial charge in [0.15, 0.2) is 5.76 Å². The Morgan fingerprint density at radius 2 is 2.21 bits per heavy atom. The fourth-order valence-corrected chi connectivity index (χ4v) is 1.75. The van der Waals surface area contributed by atoms with Gasteiger partial charge in [-0.25, -0.2) is 0 Å². The van der Waals surface area contributed by atoms with Crippen molar-refractivity contribution >= 4 is 5.97 Å². The minimum Gasteiger partial charge on any atom is -0.468 e. The molecule has 1 heterocycles. The van der Waals surface area contributed by atoms with Gasteiger partial charge in [0.1, 0.15) is 12.6 Å². The van der Waals surface area contributed by atoms with Crippen LogP contribution in [0.4, 0.5) is 0 Å². The number of nitrogens with one attached hydrogen (secondary N) is 1. The van der Waals surface area contributed by atoms with Gasteiger partial charge in [0, 0.05) is 19.7 Å². The van der Waals surface area contributed by atoms with Crippen LogP contribution in [-0.2, 0) is 27.4 Å². The molecule has 0 spiro atoms. The maximum atomic E-state index is 11.6. The second kappa shape index (κ2) is 7.91. The quantitative estimate of drug-likeness (QED) is 0.722. The van der Waals surface area contributed by atoms with Gasteiger partial charge in [-0.05, 0) is 12.3 Å². The smallest absolute Gasteiger partial charge is 0.322 e. The highest BCUT2D eigenvalue weighted by Crippen LogP contribution is 2.09. The molecule has 6 nitrogen and oxygen atoms in total. The van der Waals surface area contributed by atoms with Crippen molar-refractivity contribution < 1.29 is 18.8 Å². The lowest BCUT2D eigenvalue weighted by Gasteiger charge is -2.17. The first-order chi connectivity index (χ1) is 9.06. The third-order valence-corrected chi connectivity index (χ3v) is 2.62. The Kier molecular flexibility index (Phi) is 6.52. The van der Waals surface area contributed by atoms with Crippen molar-refractivity contribution in [2.24, 2.45) is 5.92 Å². The van der Waals surface area contributed by atoms with E-state index in [1.807, 2.05) is 0 Å². The number of carbonyl (C=O) groups excluding carboxylic acids is 1. The van der Waals surface area contributed by atoms with E-state index in [4.69, 9.17) is 14.0 Å². The summed E-state index contributed by atoms with van der Waals surface area (Å²) in [6.07, 6.45) is 0.718. The lowest BCUT2D eigenvalue weighted by atomic mass is 10.0. The molecule has 0 fully saturated rings. The van der Waals surface area contributed by atoms with Gasteiger partial charge in [0.05, 0.1) is 12.8 Å². The van der Waals surface area contributed by atoms with E-state index in [1.54, 1.807) is 13.2 Å². The number of ether oxygens (including phenoxy) is 2. The maximum Gasteiger partial charge on any atom is 0.322 e. The van der Waals surface area contributed by atoms with Crippen LogP contribution in [0.5, 0.6) is 0 Å². The van der Waals surface area contributed by atoms with Crippen molar-refractivity contribution in [2.45, 2.75) is 39.5 Å². The maximum absolute atomic E-state index is 11.6. The van der Waals surface area contributed by atoms with Gasteiger partial charge in [-0.3, -0.25) is 10.1 Å². The third-order valence-electron chi connectivity index (χ3n) is 2.62. The first kappa shape index (κ1) is 15.7. The minimum atomic E-state index is -0.326. The molecule has 0 saturated carbocycles. The topological polar surface area (TPSA) is 73.6 Å². The zero-order chi connectivity index (χ0) is 14.3. The van der Waals surface area contributed by atoms with E-state index in [-0.39, 0.29) is 12.0 Å². The van der Waals surface area contributed by atoms with Crippen LogP contribution in [0.25, 0.3) is 0 Å². The summed E-state index contributed by atoms with van der Waals surface area (Å²) in [4.78, 5) is 11.6. The summed E-state index contributed by atoms with van der Waals surface area (Å²) in [5.41, 5.74) is 0.740. The van der Waals surface area contributed by atoms with Crippen molar-refractivity contribution in [3.05, 3.63) is 17.5 Å². The highest BCUT2D eigenvalue weighted by Gasteiger charge is 2.20. The largest absolute Gasteiger partial charge is 0.468 e. The summed E-state index contributed by atoms with van der Waals surface area (Å²) in [6.45, 7) is 4.97. The molecule has 19 heavy (non-hydrogen) atoms. The molecule has 1 atom stereocenters. The van der Waals surface area contributed by atoms with Gasteiger partial charge in [0.2, 0.25) is 0 Å². The van der Waals surface area contributed by atoms with Crippen molar-refractivity contribution in [1.82, 2.24) is 10.5 Å². The fourth-order valence-electron chi connectivity index (χ4n) is 1.75. The second-order valence-electron chi connectivity index (χ2n) is 4.80. The molecule has 0 aromatic carbocycles. The number of carbonyl (C=O) groups is 1. The fraction of sp³-hybridized carbons (Fsp3) is 0.692. The molecule has 1 aromatic heterocycles. The standard InChI is InChI=1S/C13H22N2O4/c1-9(2)5-12(13(16)18-4)14-7-10-6-11(8-17-3)19-15-10/h6,9,12,14H,5,7-8H2,1-4H3. The normalized spacial score (nSPS) is 12.7. The van der Waals surface area contributed by atoms with Crippen LogP contribution < -0.4 is 5.32 Å². The third kappa shape index (κ3) is 5.40. The van der Waals surface area contributed by atoms with E-state index < -0.39 is 0 Å². The molecule has 0 radical (unpaired) electrons. The van der Waals surface area contributed by atoms with Crippen LogP contribution >= 0.6 is 0 Å². The van der Waals surface area contributed by atoms with E-state index in [1.165, 1.54) is 7.11 Å². The number of nitrogens with zero attached hydrogens (tertiary/aromatic N) is 1. The van der Waals surface area contributed by atoms with E-state index in [2.05, 4.69) is 24.3 Å². The lowest BCUT2D eigenvalue weighted by molar-refractivity contribution is -0.143. The Bertz CT molecular complexity index is 390. The average molecular weight is 270 g/mol. The summed E-state index contributed by atoms with van der Waals surface area (Å²) in [5.74, 6) is 0.810. The molecule has 6 heteroatoms. The van der Waals surface area contributed by atoms with Crippen molar-refractivity contribution in [1.29, 1.82) is 0 Å². The van der Waals surface area contributed by atoms with Gasteiger partial charge >= 0.3 is 5.97 Å². The Morgan fingerprint density at radius 1 is 1.47 bits per heavy atom. The summed E-state index contributed by atoms with van der Waals surface area (Å²) < 4.78 is 14.8. The lowest BCUT2D eigenvalue weighted by Crippen LogP contribution is -2.38. The van der Waals surface area contributed by atoms with Gasteiger partial charge in [0.25, 0.3) is 0 Å². The average Bonchev–Trinajstić information content (AvgIpc) is 2.81. The Labute approximate surface area is 113 Å². The molecule has 0 aliphatic carbocycles. The molecule has 0 aliphatic rings. The van der Waals surface area contributed by atoms with Crippen LogP contribution in [0, 0.1) is 5.92 Å². The number of rotatable bonds is 8. The molecule has 0 saturated heterocycles. The predicted octanol–water partition coefficient (Wildman–Crippen LogP) is 1.50. The van der Waals surface area contributed by atoms with E-state index in [9.17, 15) is 4.79 Å². The first-order valence-electron chi connectivity index (χ1n) is 6.31. The van der Waals surface area contributed by atoms with Crippen LogP contribution in [0.15, 0.2) is 10.6 Å². The van der Waals surface area contributed by atoms with Crippen LogP contribution in [0.1, 0.15) is 31.7 Å². The minimum absolute atomic E-state index is 0.255. The summed E-state index contributed by atoms with van der Waals surface area (Å²) in [7, 11) is 2.99. The van der Waals surface area contributed by atoms with Crippen LogP contribution in [0.2, 0.25) is 0 Å². The number of hydrogen-bond donors (Lipinski definition) is 1. The molecule has 1 N–H and O–H groups in total. The number of methoxy groups -OCH3 is 2. The summed E-state index contributed by atoms with van der Waals surface area (Å²) in [6, 6.07) is 1.48. The van der Waals surface area contributed by atoms with Crippen LogP contribution in [0.3, 0.4) is 0 Å². The van der Waals surface area contributed by atoms with Crippen LogP contribution in [-0.4, -0.2) is 31.4 Å². The molecule has 108 valence electrons. The predicted molar refractivity (Wildman–Crippen MR) is 69.3 cm³/mol. The SMILES string of the molecule is COCc1cc(CNC(CC(C)C)C(=O)OC)no1. The molecule has 0 amide bonds. The molecule has 1 aromatic rings. The molecular weight excluding hydrogens is 248 g/mol.